The Balaban J connectivity index is 2.40. The zero-order valence-electron chi connectivity index (χ0n) is 6.77. The molecule has 2 heterocycles. The van der Waals surface area contributed by atoms with Crippen LogP contribution in [0.1, 0.15) is 5.69 Å². The van der Waals surface area contributed by atoms with Gasteiger partial charge in [0, 0.05) is 0 Å². The summed E-state index contributed by atoms with van der Waals surface area (Å²) in [6, 6.07) is 9.87. The Morgan fingerprint density at radius 3 is 2.77 bits per heavy atom. The van der Waals surface area contributed by atoms with Gasteiger partial charge in [-0.05, 0) is 0 Å². The van der Waals surface area contributed by atoms with Crippen molar-refractivity contribution in [2.24, 2.45) is 0 Å². The fourth-order valence-electron chi connectivity index (χ4n) is 1.05. The minimum atomic E-state index is 0.440. The third-order valence-corrected chi connectivity index (χ3v) is 3.61. The summed E-state index contributed by atoms with van der Waals surface area (Å²) < 4.78 is 1.32. The number of aromatic nitrogens is 1. The number of hydrogen-bond acceptors (Lipinski definition) is 2. The zero-order valence-corrected chi connectivity index (χ0v) is 8.48. The first-order valence-electron chi connectivity index (χ1n) is 3.80. The Kier molecular flexibility index (Phi) is 2.27. The van der Waals surface area contributed by atoms with E-state index in [-0.39, 0.29) is 0 Å². The van der Waals surface area contributed by atoms with Gasteiger partial charge in [0.2, 0.25) is 0 Å². The molecule has 0 amide bonds. The monoisotopic (exact) mass is 234 g/mol. The molecule has 62 valence electrons. The van der Waals surface area contributed by atoms with E-state index in [4.69, 9.17) is 5.26 Å². The van der Waals surface area contributed by atoms with Crippen LogP contribution in [-0.4, -0.2) is 19.5 Å². The van der Waals surface area contributed by atoms with Crippen LogP contribution in [-0.2, 0) is 0 Å². The molecule has 0 saturated carbocycles. The molecule has 0 aliphatic heterocycles. The molecule has 2 aromatic heterocycles. The van der Waals surface area contributed by atoms with E-state index in [0.717, 1.165) is 5.56 Å². The molecule has 0 fully saturated rings. The van der Waals surface area contributed by atoms with Gasteiger partial charge in [0.25, 0.3) is 0 Å². The van der Waals surface area contributed by atoms with Crippen LogP contribution in [0.2, 0.25) is 0 Å². The topological polar surface area (TPSA) is 36.7 Å². The van der Waals surface area contributed by atoms with E-state index in [1.807, 2.05) is 12.1 Å². The Bertz CT molecular complexity index is 423. The zero-order chi connectivity index (χ0) is 9.10. The van der Waals surface area contributed by atoms with Crippen molar-refractivity contribution in [2.45, 2.75) is 0 Å². The summed E-state index contributed by atoms with van der Waals surface area (Å²) in [5.41, 5.74) is 1.60. The fourth-order valence-corrected chi connectivity index (χ4v) is 2.55. The third kappa shape index (κ3) is 1.70. The van der Waals surface area contributed by atoms with E-state index in [2.05, 4.69) is 22.1 Å². The summed E-state index contributed by atoms with van der Waals surface area (Å²) >= 11 is 0.440. The SMILES string of the molecule is N#Cc1ccc(-c2ccc[se]2)cn1. The van der Waals surface area contributed by atoms with Gasteiger partial charge in [-0.2, -0.15) is 0 Å². The minimum absolute atomic E-state index is 0.440. The van der Waals surface area contributed by atoms with Crippen molar-refractivity contribution >= 4 is 14.5 Å². The van der Waals surface area contributed by atoms with Crippen LogP contribution < -0.4 is 0 Å². The van der Waals surface area contributed by atoms with Gasteiger partial charge >= 0.3 is 81.9 Å². The van der Waals surface area contributed by atoms with E-state index in [9.17, 15) is 0 Å². The number of nitriles is 1. The first-order valence-corrected chi connectivity index (χ1v) is 5.65. The van der Waals surface area contributed by atoms with Crippen molar-refractivity contribution in [2.75, 3.05) is 0 Å². The summed E-state index contributed by atoms with van der Waals surface area (Å²) in [5.74, 6) is 0. The van der Waals surface area contributed by atoms with Gasteiger partial charge in [-0.25, -0.2) is 0 Å². The molecule has 0 saturated heterocycles. The van der Waals surface area contributed by atoms with Gasteiger partial charge < -0.3 is 0 Å². The van der Waals surface area contributed by atoms with E-state index in [0.29, 0.717) is 20.2 Å². The second-order valence-corrected chi connectivity index (χ2v) is 4.51. The van der Waals surface area contributed by atoms with Crippen LogP contribution >= 0.6 is 0 Å². The summed E-state index contributed by atoms with van der Waals surface area (Å²) in [4.78, 5) is 6.19. The third-order valence-electron chi connectivity index (χ3n) is 1.68. The van der Waals surface area contributed by atoms with Crippen LogP contribution in [0, 0.1) is 11.3 Å². The first kappa shape index (κ1) is 8.25. The van der Waals surface area contributed by atoms with E-state index >= 15 is 0 Å². The van der Waals surface area contributed by atoms with Crippen molar-refractivity contribution in [3.05, 3.63) is 41.1 Å². The molecule has 0 spiro atoms. The van der Waals surface area contributed by atoms with Crippen molar-refractivity contribution in [1.29, 1.82) is 5.26 Å². The maximum absolute atomic E-state index is 8.56. The van der Waals surface area contributed by atoms with Gasteiger partial charge in [0.15, 0.2) is 0 Å². The van der Waals surface area contributed by atoms with Crippen molar-refractivity contribution in [3.63, 3.8) is 0 Å². The molecule has 2 nitrogen and oxygen atoms in total. The summed E-state index contributed by atoms with van der Waals surface area (Å²) in [6.07, 6.45) is 1.76. The number of pyridine rings is 1. The van der Waals surface area contributed by atoms with Gasteiger partial charge in [0.1, 0.15) is 0 Å². The first-order chi connectivity index (χ1) is 6.40. The number of hydrogen-bond donors (Lipinski definition) is 0. The average molecular weight is 233 g/mol. The van der Waals surface area contributed by atoms with Crippen LogP contribution in [0.4, 0.5) is 0 Å². The maximum atomic E-state index is 8.56. The van der Waals surface area contributed by atoms with Crippen LogP contribution in [0.3, 0.4) is 0 Å². The molecule has 0 aliphatic rings. The molecule has 0 aromatic carbocycles. The van der Waals surface area contributed by atoms with Gasteiger partial charge in [-0.3, -0.25) is 0 Å². The molecule has 0 atom stereocenters. The summed E-state index contributed by atoms with van der Waals surface area (Å²) in [6.45, 7) is 0. The standard InChI is InChI=1S/C10H6N2Se/c11-6-9-4-3-8(7-12-9)10-2-1-5-13-10/h1-5,7H. The fraction of sp³-hybridized carbons (Fsp3) is 0. The number of nitrogens with zero attached hydrogens (tertiary/aromatic N) is 2. The van der Waals surface area contributed by atoms with E-state index in [1.165, 1.54) is 4.44 Å². The second kappa shape index (κ2) is 3.57. The summed E-state index contributed by atoms with van der Waals surface area (Å²) in [7, 11) is 0. The Hall–Kier alpha value is -1.36. The normalized spacial score (nSPS) is 9.46. The molecule has 0 aliphatic carbocycles. The number of rotatable bonds is 1. The van der Waals surface area contributed by atoms with Crippen LogP contribution in [0.5, 0.6) is 0 Å². The molecule has 2 rings (SSSR count). The molecular weight excluding hydrogens is 227 g/mol. The Morgan fingerprint density at radius 2 is 2.23 bits per heavy atom. The predicted octanol–water partition coefficient (Wildman–Crippen LogP) is 1.68. The van der Waals surface area contributed by atoms with Crippen molar-refractivity contribution in [1.82, 2.24) is 4.98 Å². The quantitative estimate of drug-likeness (QED) is 0.702. The van der Waals surface area contributed by atoms with Crippen molar-refractivity contribution < 1.29 is 0 Å². The van der Waals surface area contributed by atoms with Gasteiger partial charge in [0.05, 0.1) is 0 Å². The second-order valence-electron chi connectivity index (χ2n) is 2.52. The summed E-state index contributed by atoms with van der Waals surface area (Å²) in [5, 5.41) is 8.56. The Labute approximate surface area is 82.2 Å². The van der Waals surface area contributed by atoms with E-state index in [1.54, 1.807) is 12.3 Å². The van der Waals surface area contributed by atoms with Gasteiger partial charge in [-0.1, -0.05) is 0 Å². The Morgan fingerprint density at radius 1 is 1.31 bits per heavy atom. The van der Waals surface area contributed by atoms with Crippen LogP contribution in [0.25, 0.3) is 10.0 Å². The van der Waals surface area contributed by atoms with Crippen molar-refractivity contribution in [3.8, 4) is 16.1 Å². The molecular formula is C10H6N2Se. The van der Waals surface area contributed by atoms with Crippen LogP contribution in [0.15, 0.2) is 35.4 Å². The molecule has 3 heteroatoms. The molecule has 13 heavy (non-hydrogen) atoms. The van der Waals surface area contributed by atoms with E-state index < -0.39 is 0 Å². The molecule has 2 aromatic rings. The molecule has 0 radical (unpaired) electrons. The molecule has 0 bridgehead atoms. The predicted molar refractivity (Wildman–Crippen MR) is 51.3 cm³/mol. The van der Waals surface area contributed by atoms with Gasteiger partial charge in [-0.15, -0.1) is 0 Å². The molecule has 0 N–H and O–H groups in total. The molecule has 0 unspecified atom stereocenters. The average Bonchev–Trinajstić information content (AvgIpc) is 2.71.